The van der Waals surface area contributed by atoms with E-state index in [0.29, 0.717) is 0 Å². The van der Waals surface area contributed by atoms with Crippen LogP contribution in [0.1, 0.15) is 36.7 Å². The van der Waals surface area contributed by atoms with E-state index in [2.05, 4.69) is 15.9 Å². The molecule has 0 saturated carbocycles. The molecule has 1 aliphatic heterocycles. The molecule has 0 aromatic carbocycles. The molecule has 0 bridgehead atoms. The second-order valence-corrected chi connectivity index (χ2v) is 5.99. The number of hydrogen-bond acceptors (Lipinski definition) is 2. The van der Waals surface area contributed by atoms with E-state index in [9.17, 15) is 4.79 Å². The van der Waals surface area contributed by atoms with Crippen molar-refractivity contribution in [2.24, 2.45) is 12.8 Å². The Morgan fingerprint density at radius 1 is 1.56 bits per heavy atom. The molecule has 100 valence electrons. The quantitative estimate of drug-likeness (QED) is 0.909. The summed E-state index contributed by atoms with van der Waals surface area (Å²) in [7, 11) is 1.89. The van der Waals surface area contributed by atoms with Crippen LogP contribution < -0.4 is 5.73 Å². The summed E-state index contributed by atoms with van der Waals surface area (Å²) in [5, 5.41) is 0. The molecule has 2 unspecified atom stereocenters. The average Bonchev–Trinajstić information content (AvgIpc) is 2.67. The first-order chi connectivity index (χ1) is 8.50. The van der Waals surface area contributed by atoms with Crippen molar-refractivity contribution in [2.45, 2.75) is 38.3 Å². The number of rotatable bonds is 2. The first-order valence-electron chi connectivity index (χ1n) is 6.39. The number of carbonyl (C=O) groups excluding carboxylic acids is 1. The van der Waals surface area contributed by atoms with Crippen LogP contribution in [0.3, 0.4) is 0 Å². The van der Waals surface area contributed by atoms with Gasteiger partial charge in [0.2, 0.25) is 0 Å². The van der Waals surface area contributed by atoms with E-state index >= 15 is 0 Å². The molecule has 1 aliphatic rings. The monoisotopic (exact) mass is 313 g/mol. The Morgan fingerprint density at radius 2 is 2.28 bits per heavy atom. The summed E-state index contributed by atoms with van der Waals surface area (Å²) < 4.78 is 2.79. The first-order valence-corrected chi connectivity index (χ1v) is 7.18. The van der Waals surface area contributed by atoms with Gasteiger partial charge in [-0.3, -0.25) is 4.79 Å². The van der Waals surface area contributed by atoms with Crippen molar-refractivity contribution in [1.82, 2.24) is 9.47 Å². The highest BCUT2D eigenvalue weighted by atomic mass is 79.9. The van der Waals surface area contributed by atoms with Crippen LogP contribution in [0.25, 0.3) is 0 Å². The second kappa shape index (κ2) is 5.45. The van der Waals surface area contributed by atoms with Crippen LogP contribution in [0.2, 0.25) is 0 Å². The molecule has 0 radical (unpaired) electrons. The van der Waals surface area contributed by atoms with Gasteiger partial charge in [-0.15, -0.1) is 0 Å². The van der Waals surface area contributed by atoms with Crippen LogP contribution >= 0.6 is 15.9 Å². The maximum Gasteiger partial charge on any atom is 0.270 e. The molecule has 5 heteroatoms. The van der Waals surface area contributed by atoms with Crippen LogP contribution in [-0.2, 0) is 7.05 Å². The van der Waals surface area contributed by atoms with Crippen molar-refractivity contribution in [1.29, 1.82) is 0 Å². The van der Waals surface area contributed by atoms with Gasteiger partial charge in [0, 0.05) is 36.3 Å². The Balaban J connectivity index is 2.23. The highest BCUT2D eigenvalue weighted by Gasteiger charge is 2.30. The van der Waals surface area contributed by atoms with Crippen molar-refractivity contribution in [3.05, 3.63) is 22.4 Å². The first kappa shape index (κ1) is 13.6. The SMILES string of the molecule is CC(N)C1CCCCN1C(=O)c1cc(Br)cn1C. The van der Waals surface area contributed by atoms with Crippen LogP contribution in [0.15, 0.2) is 16.7 Å². The minimum absolute atomic E-state index is 0.0259. The number of aryl methyl sites for hydroxylation is 1. The van der Waals surface area contributed by atoms with Gasteiger partial charge in [-0.05, 0) is 48.2 Å². The largest absolute Gasteiger partial charge is 0.345 e. The fourth-order valence-corrected chi connectivity index (χ4v) is 3.16. The summed E-state index contributed by atoms with van der Waals surface area (Å²) in [5.74, 6) is 0.0881. The molecule has 18 heavy (non-hydrogen) atoms. The van der Waals surface area contributed by atoms with Gasteiger partial charge in [0.05, 0.1) is 0 Å². The van der Waals surface area contributed by atoms with Gasteiger partial charge in [-0.25, -0.2) is 0 Å². The van der Waals surface area contributed by atoms with E-state index in [1.54, 1.807) is 0 Å². The average molecular weight is 314 g/mol. The molecule has 0 spiro atoms. The number of carbonyl (C=O) groups is 1. The maximum atomic E-state index is 12.6. The van der Waals surface area contributed by atoms with Gasteiger partial charge in [0.15, 0.2) is 0 Å². The van der Waals surface area contributed by atoms with Crippen molar-refractivity contribution >= 4 is 21.8 Å². The van der Waals surface area contributed by atoms with E-state index in [-0.39, 0.29) is 18.0 Å². The molecule has 1 saturated heterocycles. The molecule has 4 nitrogen and oxygen atoms in total. The Morgan fingerprint density at radius 3 is 2.83 bits per heavy atom. The van der Waals surface area contributed by atoms with E-state index in [0.717, 1.165) is 36.0 Å². The molecule has 2 rings (SSSR count). The third kappa shape index (κ3) is 2.62. The maximum absolute atomic E-state index is 12.6. The van der Waals surface area contributed by atoms with Crippen LogP contribution in [-0.4, -0.2) is 34.0 Å². The molecule has 2 heterocycles. The number of amides is 1. The lowest BCUT2D eigenvalue weighted by atomic mass is 9.96. The number of aromatic nitrogens is 1. The van der Waals surface area contributed by atoms with Crippen LogP contribution in [0, 0.1) is 0 Å². The highest BCUT2D eigenvalue weighted by Crippen LogP contribution is 2.23. The Bertz CT molecular complexity index is 441. The Labute approximate surface area is 116 Å². The number of halogens is 1. The van der Waals surface area contributed by atoms with Crippen molar-refractivity contribution in [2.75, 3.05) is 6.54 Å². The fourth-order valence-electron chi connectivity index (χ4n) is 2.64. The normalized spacial score (nSPS) is 22.0. The van der Waals surface area contributed by atoms with Gasteiger partial charge in [0.25, 0.3) is 5.91 Å². The van der Waals surface area contributed by atoms with Crippen molar-refractivity contribution in [3.63, 3.8) is 0 Å². The summed E-state index contributed by atoms with van der Waals surface area (Å²) >= 11 is 3.40. The lowest BCUT2D eigenvalue weighted by Gasteiger charge is -2.38. The molecule has 2 N–H and O–H groups in total. The van der Waals surface area contributed by atoms with E-state index in [1.165, 1.54) is 0 Å². The molecule has 1 amide bonds. The standard InChI is InChI=1S/C13H20BrN3O/c1-9(15)11-5-3-4-6-17(11)13(18)12-7-10(14)8-16(12)2/h7-9,11H,3-6,15H2,1-2H3. The van der Waals surface area contributed by atoms with Gasteiger partial charge < -0.3 is 15.2 Å². The molecular weight excluding hydrogens is 294 g/mol. The zero-order valence-electron chi connectivity index (χ0n) is 10.9. The summed E-state index contributed by atoms with van der Waals surface area (Å²) in [6, 6.07) is 2.06. The molecule has 1 aromatic rings. The van der Waals surface area contributed by atoms with Crippen molar-refractivity contribution in [3.8, 4) is 0 Å². The minimum Gasteiger partial charge on any atom is -0.345 e. The lowest BCUT2D eigenvalue weighted by Crippen LogP contribution is -2.52. The molecular formula is C13H20BrN3O. The fraction of sp³-hybridized carbons (Fsp3) is 0.615. The molecule has 2 atom stereocenters. The zero-order chi connectivity index (χ0) is 13.3. The topological polar surface area (TPSA) is 51.3 Å². The Hall–Kier alpha value is -0.810. The second-order valence-electron chi connectivity index (χ2n) is 5.08. The van der Waals surface area contributed by atoms with Gasteiger partial charge in [-0.1, -0.05) is 0 Å². The predicted molar refractivity (Wildman–Crippen MR) is 75.4 cm³/mol. The smallest absolute Gasteiger partial charge is 0.270 e. The van der Waals surface area contributed by atoms with Gasteiger partial charge in [0.1, 0.15) is 5.69 Å². The lowest BCUT2D eigenvalue weighted by molar-refractivity contribution is 0.0574. The summed E-state index contributed by atoms with van der Waals surface area (Å²) in [5.41, 5.74) is 6.72. The van der Waals surface area contributed by atoms with Crippen LogP contribution in [0.5, 0.6) is 0 Å². The van der Waals surface area contributed by atoms with E-state index < -0.39 is 0 Å². The molecule has 1 fully saturated rings. The summed E-state index contributed by atoms with van der Waals surface area (Å²) in [6.45, 7) is 2.80. The van der Waals surface area contributed by atoms with E-state index in [1.807, 2.05) is 35.7 Å². The van der Waals surface area contributed by atoms with Gasteiger partial charge in [-0.2, -0.15) is 0 Å². The third-order valence-electron chi connectivity index (χ3n) is 3.61. The van der Waals surface area contributed by atoms with Gasteiger partial charge >= 0.3 is 0 Å². The molecule has 1 aromatic heterocycles. The summed E-state index contributed by atoms with van der Waals surface area (Å²) in [4.78, 5) is 14.5. The van der Waals surface area contributed by atoms with E-state index in [4.69, 9.17) is 5.73 Å². The number of likely N-dealkylation sites (tertiary alicyclic amines) is 1. The number of nitrogens with two attached hydrogens (primary N) is 1. The van der Waals surface area contributed by atoms with Crippen molar-refractivity contribution < 1.29 is 4.79 Å². The minimum atomic E-state index is 0.0259. The summed E-state index contributed by atoms with van der Waals surface area (Å²) in [6.07, 6.45) is 5.14. The number of hydrogen-bond donors (Lipinski definition) is 1. The Kier molecular flexibility index (Phi) is 4.12. The zero-order valence-corrected chi connectivity index (χ0v) is 12.5. The predicted octanol–water partition coefficient (Wildman–Crippen LogP) is 2.13. The van der Waals surface area contributed by atoms with Crippen LogP contribution in [0.4, 0.5) is 0 Å². The third-order valence-corrected chi connectivity index (χ3v) is 4.04. The highest BCUT2D eigenvalue weighted by molar-refractivity contribution is 9.10. The number of nitrogens with zero attached hydrogens (tertiary/aromatic N) is 2. The molecule has 0 aliphatic carbocycles. The number of piperidine rings is 1.